The summed E-state index contributed by atoms with van der Waals surface area (Å²) in [6.07, 6.45) is 25.4. The SMILES string of the molecule is O=C(OCCN(C1CCCCC1)C1CCCCC1)c1ccc(C(=O)O)c(CCN(C2CCCCC2)C2CCCCC2)c1O. The van der Waals surface area contributed by atoms with Crippen LogP contribution in [0.3, 0.4) is 0 Å². The van der Waals surface area contributed by atoms with E-state index in [-0.39, 0.29) is 16.9 Å². The molecular weight excluding hydrogens is 540 g/mol. The first-order valence-corrected chi connectivity index (χ1v) is 17.8. The number of aromatic hydroxyl groups is 1. The Balaban J connectivity index is 1.26. The van der Waals surface area contributed by atoms with Crippen molar-refractivity contribution in [2.75, 3.05) is 19.7 Å². The zero-order chi connectivity index (χ0) is 30.0. The van der Waals surface area contributed by atoms with Crippen LogP contribution < -0.4 is 0 Å². The molecule has 4 aliphatic carbocycles. The highest BCUT2D eigenvalue weighted by atomic mass is 16.5. The molecule has 0 heterocycles. The summed E-state index contributed by atoms with van der Waals surface area (Å²) in [6, 6.07) is 5.11. The summed E-state index contributed by atoms with van der Waals surface area (Å²) in [5.74, 6) is -1.84. The number of hydrogen-bond acceptors (Lipinski definition) is 6. The molecule has 0 unspecified atom stereocenters. The predicted octanol–water partition coefficient (Wildman–Crippen LogP) is 7.72. The highest BCUT2D eigenvalue weighted by molar-refractivity contribution is 5.97. The molecule has 0 amide bonds. The van der Waals surface area contributed by atoms with Gasteiger partial charge in [-0.3, -0.25) is 9.80 Å². The molecule has 4 aliphatic rings. The summed E-state index contributed by atoms with van der Waals surface area (Å²) >= 11 is 0. The van der Waals surface area contributed by atoms with Crippen molar-refractivity contribution in [3.8, 4) is 5.75 Å². The molecule has 5 rings (SSSR count). The first kappa shape index (κ1) is 32.3. The third kappa shape index (κ3) is 8.54. The molecule has 0 spiro atoms. The number of hydrogen-bond donors (Lipinski definition) is 2. The molecule has 0 aliphatic heterocycles. The number of rotatable bonds is 12. The van der Waals surface area contributed by atoms with Crippen molar-refractivity contribution in [2.24, 2.45) is 0 Å². The number of aromatic carboxylic acids is 1. The quantitative estimate of drug-likeness (QED) is 0.239. The van der Waals surface area contributed by atoms with Crippen molar-refractivity contribution in [1.29, 1.82) is 0 Å². The fourth-order valence-corrected chi connectivity index (χ4v) is 8.79. The average Bonchev–Trinajstić information content (AvgIpc) is 3.05. The second-order valence-electron chi connectivity index (χ2n) is 13.8. The second-order valence-corrected chi connectivity index (χ2v) is 13.8. The Morgan fingerprint density at radius 3 is 1.44 bits per heavy atom. The van der Waals surface area contributed by atoms with E-state index in [1.54, 1.807) is 0 Å². The summed E-state index contributed by atoms with van der Waals surface area (Å²) < 4.78 is 5.79. The molecule has 2 N–H and O–H groups in total. The van der Waals surface area contributed by atoms with Crippen LogP contribution in [0.15, 0.2) is 12.1 Å². The van der Waals surface area contributed by atoms with E-state index in [4.69, 9.17) is 4.74 Å². The molecule has 7 heteroatoms. The van der Waals surface area contributed by atoms with E-state index in [2.05, 4.69) is 9.80 Å². The normalized spacial score (nSPS) is 21.8. The molecule has 43 heavy (non-hydrogen) atoms. The fraction of sp³-hybridized carbons (Fsp3) is 0.778. The minimum absolute atomic E-state index is 0.0852. The smallest absolute Gasteiger partial charge is 0.341 e. The minimum Gasteiger partial charge on any atom is -0.507 e. The monoisotopic (exact) mass is 596 g/mol. The van der Waals surface area contributed by atoms with E-state index in [9.17, 15) is 19.8 Å². The van der Waals surface area contributed by atoms with Gasteiger partial charge in [-0.1, -0.05) is 77.0 Å². The lowest BCUT2D eigenvalue weighted by Gasteiger charge is -2.42. The minimum atomic E-state index is -1.07. The van der Waals surface area contributed by atoms with Crippen molar-refractivity contribution in [1.82, 2.24) is 9.80 Å². The van der Waals surface area contributed by atoms with Gasteiger partial charge in [0, 0.05) is 42.8 Å². The highest BCUT2D eigenvalue weighted by Crippen LogP contribution is 2.34. The van der Waals surface area contributed by atoms with Crippen molar-refractivity contribution in [2.45, 2.75) is 159 Å². The molecule has 240 valence electrons. The molecule has 0 atom stereocenters. The van der Waals surface area contributed by atoms with Gasteiger partial charge in [-0.15, -0.1) is 0 Å². The van der Waals surface area contributed by atoms with Crippen LogP contribution in [0.1, 0.15) is 155 Å². The Morgan fingerprint density at radius 2 is 1.02 bits per heavy atom. The van der Waals surface area contributed by atoms with Gasteiger partial charge in [0.1, 0.15) is 17.9 Å². The van der Waals surface area contributed by atoms with Crippen LogP contribution in [0.5, 0.6) is 5.75 Å². The lowest BCUT2D eigenvalue weighted by Crippen LogP contribution is -2.46. The first-order valence-electron chi connectivity index (χ1n) is 17.8. The number of carbonyl (C=O) groups is 2. The number of esters is 1. The van der Waals surface area contributed by atoms with E-state index in [1.165, 1.54) is 141 Å². The molecule has 0 aromatic heterocycles. The van der Waals surface area contributed by atoms with Gasteiger partial charge in [0.15, 0.2) is 0 Å². The Morgan fingerprint density at radius 1 is 0.628 bits per heavy atom. The molecule has 1 aromatic carbocycles. The largest absolute Gasteiger partial charge is 0.507 e. The van der Waals surface area contributed by atoms with Crippen molar-refractivity contribution >= 4 is 11.9 Å². The number of carboxylic acids is 1. The molecule has 0 bridgehead atoms. The maximum Gasteiger partial charge on any atom is 0.341 e. The van der Waals surface area contributed by atoms with Crippen LogP contribution in [-0.4, -0.2) is 75.8 Å². The lowest BCUT2D eigenvalue weighted by molar-refractivity contribution is 0.0288. The molecule has 0 saturated heterocycles. The maximum atomic E-state index is 13.3. The zero-order valence-electron chi connectivity index (χ0n) is 26.4. The van der Waals surface area contributed by atoms with E-state index in [0.29, 0.717) is 49.3 Å². The summed E-state index contributed by atoms with van der Waals surface area (Å²) in [6.45, 7) is 1.72. The molecule has 7 nitrogen and oxygen atoms in total. The summed E-state index contributed by atoms with van der Waals surface area (Å²) in [5, 5.41) is 21.3. The van der Waals surface area contributed by atoms with Crippen LogP contribution in [0.4, 0.5) is 0 Å². The van der Waals surface area contributed by atoms with Crippen LogP contribution in [0.25, 0.3) is 0 Å². The molecular formula is C36H56N2O5. The third-order valence-corrected chi connectivity index (χ3v) is 11.1. The second kappa shape index (κ2) is 16.3. The van der Waals surface area contributed by atoms with Gasteiger partial charge < -0.3 is 14.9 Å². The first-order chi connectivity index (χ1) is 21.0. The topological polar surface area (TPSA) is 90.3 Å². The Bertz CT molecular complexity index is 1000. The van der Waals surface area contributed by atoms with Gasteiger partial charge >= 0.3 is 11.9 Å². The van der Waals surface area contributed by atoms with Gasteiger partial charge in [-0.2, -0.15) is 0 Å². The summed E-state index contributed by atoms with van der Waals surface area (Å²) in [4.78, 5) is 30.8. The van der Waals surface area contributed by atoms with Crippen molar-refractivity contribution < 1.29 is 24.5 Å². The molecule has 0 radical (unpaired) electrons. The van der Waals surface area contributed by atoms with Gasteiger partial charge in [0.05, 0.1) is 5.56 Å². The maximum absolute atomic E-state index is 13.3. The van der Waals surface area contributed by atoms with Crippen molar-refractivity contribution in [3.63, 3.8) is 0 Å². The Kier molecular flexibility index (Phi) is 12.2. The van der Waals surface area contributed by atoms with E-state index >= 15 is 0 Å². The number of carboxylic acid groups (broad SMARTS) is 1. The van der Waals surface area contributed by atoms with Gasteiger partial charge in [-0.25, -0.2) is 9.59 Å². The Hall–Kier alpha value is -2.12. The van der Waals surface area contributed by atoms with Gasteiger partial charge in [0.25, 0.3) is 0 Å². The third-order valence-electron chi connectivity index (χ3n) is 11.1. The molecule has 1 aromatic rings. The van der Waals surface area contributed by atoms with Gasteiger partial charge in [-0.05, 0) is 69.9 Å². The van der Waals surface area contributed by atoms with Crippen LogP contribution in [0, 0.1) is 0 Å². The van der Waals surface area contributed by atoms with Gasteiger partial charge in [0.2, 0.25) is 0 Å². The van der Waals surface area contributed by atoms with Crippen LogP contribution in [-0.2, 0) is 11.2 Å². The van der Waals surface area contributed by atoms with E-state index in [0.717, 1.165) is 6.54 Å². The predicted molar refractivity (Wildman–Crippen MR) is 170 cm³/mol. The van der Waals surface area contributed by atoms with Crippen molar-refractivity contribution in [3.05, 3.63) is 28.8 Å². The zero-order valence-corrected chi connectivity index (χ0v) is 26.4. The molecule has 4 saturated carbocycles. The summed E-state index contributed by atoms with van der Waals surface area (Å²) in [7, 11) is 0. The average molecular weight is 597 g/mol. The standard InChI is InChI=1S/C36H56N2O5/c39-34-31(23-24-37(27-13-5-1-6-14-27)28-15-7-2-8-16-28)32(35(40)41)21-22-33(34)36(42)43-26-25-38(29-17-9-3-10-18-29)30-19-11-4-12-20-30/h21-22,27-30,39H,1-20,23-26H2,(H,40,41). The summed E-state index contributed by atoms with van der Waals surface area (Å²) in [5.41, 5.74) is 0.537. The van der Waals surface area contributed by atoms with E-state index in [1.807, 2.05) is 0 Å². The Labute approximate surface area is 259 Å². The number of carbonyl (C=O) groups excluding carboxylic acids is 1. The number of ether oxygens (including phenoxy) is 1. The number of phenolic OH excluding ortho intramolecular Hbond substituents is 1. The number of nitrogens with zero attached hydrogens (tertiary/aromatic N) is 2. The van der Waals surface area contributed by atoms with Crippen LogP contribution >= 0.6 is 0 Å². The lowest BCUT2D eigenvalue weighted by atomic mass is 9.88. The number of benzene rings is 1. The highest BCUT2D eigenvalue weighted by Gasteiger charge is 2.31. The fourth-order valence-electron chi connectivity index (χ4n) is 8.79. The number of phenols is 1. The molecule has 4 fully saturated rings. The van der Waals surface area contributed by atoms with Crippen LogP contribution in [0.2, 0.25) is 0 Å². The van der Waals surface area contributed by atoms with E-state index < -0.39 is 11.9 Å².